The van der Waals surface area contributed by atoms with Gasteiger partial charge in [-0.3, -0.25) is 4.79 Å². The van der Waals surface area contributed by atoms with Crippen LogP contribution in [-0.2, 0) is 11.2 Å². The fourth-order valence-corrected chi connectivity index (χ4v) is 3.21. The largest absolute Gasteiger partial charge is 0.326 e. The van der Waals surface area contributed by atoms with E-state index in [0.29, 0.717) is 5.92 Å². The molecule has 0 aliphatic carbocycles. The molecule has 0 fully saturated rings. The number of benzene rings is 3. The first-order chi connectivity index (χ1) is 14.4. The van der Waals surface area contributed by atoms with E-state index in [2.05, 4.69) is 53.7 Å². The summed E-state index contributed by atoms with van der Waals surface area (Å²) < 4.78 is 0. The molecule has 1 N–H and O–H groups in total. The quantitative estimate of drug-likeness (QED) is 0.415. The molecule has 0 aliphatic rings. The summed E-state index contributed by atoms with van der Waals surface area (Å²) in [5.74, 6) is 0.371. The lowest BCUT2D eigenvalue weighted by atomic mass is 9.96. The predicted octanol–water partition coefficient (Wildman–Crippen LogP) is 7.35. The summed E-state index contributed by atoms with van der Waals surface area (Å²) in [5, 5.41) is 11.6. The number of carbonyl (C=O) groups is 1. The minimum Gasteiger partial charge on any atom is -0.326 e. The second kappa shape index (κ2) is 9.97. The molecule has 0 saturated carbocycles. The minimum absolute atomic E-state index is 0.0269. The molecular formula is C26H29N3O. The number of aryl methyl sites for hydroxylation is 1. The maximum atomic E-state index is 12.7. The van der Waals surface area contributed by atoms with Crippen molar-refractivity contribution in [1.29, 1.82) is 0 Å². The van der Waals surface area contributed by atoms with Crippen molar-refractivity contribution in [2.75, 3.05) is 5.32 Å². The molecule has 4 nitrogen and oxygen atoms in total. The lowest BCUT2D eigenvalue weighted by molar-refractivity contribution is -0.117. The molecule has 3 aromatic carbocycles. The first kappa shape index (κ1) is 21.4. The summed E-state index contributed by atoms with van der Waals surface area (Å²) in [6, 6.07) is 23.6. The van der Waals surface area contributed by atoms with E-state index in [4.69, 9.17) is 0 Å². The van der Waals surface area contributed by atoms with Gasteiger partial charge in [0.15, 0.2) is 0 Å². The first-order valence-corrected chi connectivity index (χ1v) is 10.4. The van der Waals surface area contributed by atoms with E-state index >= 15 is 0 Å². The molecule has 0 aliphatic heterocycles. The smallest absolute Gasteiger partial charge is 0.231 e. The number of rotatable bonds is 7. The van der Waals surface area contributed by atoms with Crippen LogP contribution in [0.25, 0.3) is 0 Å². The van der Waals surface area contributed by atoms with Gasteiger partial charge in [0.25, 0.3) is 0 Å². The van der Waals surface area contributed by atoms with Gasteiger partial charge in [-0.25, -0.2) is 0 Å². The molecule has 4 heteroatoms. The summed E-state index contributed by atoms with van der Waals surface area (Å²) in [7, 11) is 0. The van der Waals surface area contributed by atoms with Crippen LogP contribution in [0.15, 0.2) is 83.0 Å². The lowest BCUT2D eigenvalue weighted by Crippen LogP contribution is -2.18. The Morgan fingerprint density at radius 2 is 1.53 bits per heavy atom. The number of anilines is 1. The Labute approximate surface area is 179 Å². The third-order valence-electron chi connectivity index (χ3n) is 5.04. The van der Waals surface area contributed by atoms with Crippen LogP contribution in [0, 0.1) is 12.8 Å². The third-order valence-corrected chi connectivity index (χ3v) is 5.04. The van der Waals surface area contributed by atoms with Crippen LogP contribution in [0.2, 0.25) is 0 Å². The van der Waals surface area contributed by atoms with Gasteiger partial charge in [-0.05, 0) is 73.2 Å². The third kappa shape index (κ3) is 5.86. The zero-order chi connectivity index (χ0) is 21.5. The van der Waals surface area contributed by atoms with Crippen molar-refractivity contribution in [2.45, 2.75) is 40.0 Å². The van der Waals surface area contributed by atoms with Crippen LogP contribution < -0.4 is 5.32 Å². The van der Waals surface area contributed by atoms with Gasteiger partial charge in [0.1, 0.15) is 0 Å². The molecule has 0 heterocycles. The van der Waals surface area contributed by atoms with Gasteiger partial charge in [0, 0.05) is 5.69 Å². The van der Waals surface area contributed by atoms with Crippen LogP contribution in [0.5, 0.6) is 0 Å². The second-order valence-electron chi connectivity index (χ2n) is 8.08. The number of nitrogens with one attached hydrogen (secondary N) is 1. The Morgan fingerprint density at radius 1 is 0.867 bits per heavy atom. The van der Waals surface area contributed by atoms with E-state index in [-0.39, 0.29) is 11.8 Å². The Bertz CT molecular complexity index is 1010. The molecule has 3 aromatic rings. The second-order valence-corrected chi connectivity index (χ2v) is 8.08. The molecule has 3 rings (SSSR count). The summed E-state index contributed by atoms with van der Waals surface area (Å²) in [6.07, 6.45) is 1.05. The van der Waals surface area contributed by atoms with Crippen LogP contribution in [0.4, 0.5) is 17.1 Å². The molecule has 1 atom stereocenters. The number of carbonyl (C=O) groups excluding carboxylic acids is 1. The van der Waals surface area contributed by atoms with Gasteiger partial charge in [0.2, 0.25) is 5.91 Å². The number of hydrogen-bond acceptors (Lipinski definition) is 3. The summed E-state index contributed by atoms with van der Waals surface area (Å²) >= 11 is 0. The number of amides is 1. The normalized spacial score (nSPS) is 12.3. The zero-order valence-electron chi connectivity index (χ0n) is 18.1. The van der Waals surface area contributed by atoms with Crippen molar-refractivity contribution < 1.29 is 4.79 Å². The Kier molecular flexibility index (Phi) is 7.12. The van der Waals surface area contributed by atoms with Crippen LogP contribution in [-0.4, -0.2) is 5.91 Å². The summed E-state index contributed by atoms with van der Waals surface area (Å²) in [4.78, 5) is 12.7. The van der Waals surface area contributed by atoms with Gasteiger partial charge < -0.3 is 5.32 Å². The van der Waals surface area contributed by atoms with Crippen LogP contribution in [0.1, 0.15) is 43.4 Å². The number of hydrogen-bond donors (Lipinski definition) is 1. The molecule has 0 saturated heterocycles. The topological polar surface area (TPSA) is 53.8 Å². The fraction of sp³-hybridized carbons (Fsp3) is 0.269. The molecule has 0 unspecified atom stereocenters. The summed E-state index contributed by atoms with van der Waals surface area (Å²) in [5.41, 5.74) is 5.74. The highest BCUT2D eigenvalue weighted by Crippen LogP contribution is 2.24. The number of azo groups is 1. The molecular weight excluding hydrogens is 370 g/mol. The van der Waals surface area contributed by atoms with E-state index in [1.165, 1.54) is 5.56 Å². The lowest BCUT2D eigenvalue weighted by Gasteiger charge is -2.14. The van der Waals surface area contributed by atoms with Crippen molar-refractivity contribution in [3.8, 4) is 0 Å². The molecule has 0 radical (unpaired) electrons. The summed E-state index contributed by atoms with van der Waals surface area (Å²) in [6.45, 7) is 8.35. The Balaban J connectivity index is 1.60. The van der Waals surface area contributed by atoms with Crippen LogP contribution in [0.3, 0.4) is 0 Å². The highest BCUT2D eigenvalue weighted by atomic mass is 16.1. The van der Waals surface area contributed by atoms with Gasteiger partial charge in [0.05, 0.1) is 17.3 Å². The van der Waals surface area contributed by atoms with Gasteiger partial charge >= 0.3 is 0 Å². The molecule has 1 amide bonds. The fourth-order valence-electron chi connectivity index (χ4n) is 3.21. The van der Waals surface area contributed by atoms with E-state index < -0.39 is 0 Å². The minimum atomic E-state index is -0.224. The maximum absolute atomic E-state index is 12.7. The molecule has 0 bridgehead atoms. The van der Waals surface area contributed by atoms with E-state index in [1.54, 1.807) is 0 Å². The SMILES string of the molecule is Cc1ccccc1N=Nc1ccc(NC(=O)[C@H](C)c2ccc(CC(C)C)cc2)cc1. The van der Waals surface area contributed by atoms with E-state index in [9.17, 15) is 4.79 Å². The molecule has 154 valence electrons. The first-order valence-electron chi connectivity index (χ1n) is 10.4. The highest BCUT2D eigenvalue weighted by molar-refractivity contribution is 5.95. The van der Waals surface area contributed by atoms with Gasteiger partial charge in [-0.2, -0.15) is 10.2 Å². The molecule has 0 spiro atoms. The van der Waals surface area contributed by atoms with Crippen molar-refractivity contribution in [3.05, 3.63) is 89.5 Å². The van der Waals surface area contributed by atoms with Crippen molar-refractivity contribution in [2.24, 2.45) is 16.1 Å². The Hall–Kier alpha value is -3.27. The Morgan fingerprint density at radius 3 is 2.17 bits per heavy atom. The zero-order valence-corrected chi connectivity index (χ0v) is 18.1. The van der Waals surface area contributed by atoms with E-state index in [0.717, 1.165) is 34.6 Å². The van der Waals surface area contributed by atoms with Crippen molar-refractivity contribution in [1.82, 2.24) is 0 Å². The predicted molar refractivity (Wildman–Crippen MR) is 124 cm³/mol. The van der Waals surface area contributed by atoms with Crippen molar-refractivity contribution in [3.63, 3.8) is 0 Å². The van der Waals surface area contributed by atoms with E-state index in [1.807, 2.05) is 62.4 Å². The van der Waals surface area contributed by atoms with Gasteiger partial charge in [-0.15, -0.1) is 0 Å². The maximum Gasteiger partial charge on any atom is 0.231 e. The van der Waals surface area contributed by atoms with Crippen molar-refractivity contribution >= 4 is 23.0 Å². The number of nitrogens with zero attached hydrogens (tertiary/aromatic N) is 2. The molecule has 30 heavy (non-hydrogen) atoms. The average Bonchev–Trinajstić information content (AvgIpc) is 2.74. The monoisotopic (exact) mass is 399 g/mol. The standard InChI is InChI=1S/C26H29N3O/c1-18(2)17-21-9-11-22(12-10-21)20(4)26(30)27-23-13-15-24(16-14-23)28-29-25-8-6-5-7-19(25)3/h5-16,18,20H,17H2,1-4H3,(H,27,30)/t20-/m1/s1. The highest BCUT2D eigenvalue weighted by Gasteiger charge is 2.15. The van der Waals surface area contributed by atoms with Crippen LogP contribution >= 0.6 is 0 Å². The molecule has 0 aromatic heterocycles. The van der Waals surface area contributed by atoms with Gasteiger partial charge in [-0.1, -0.05) is 56.3 Å². The average molecular weight is 400 g/mol.